The topological polar surface area (TPSA) is 29.1 Å². The third-order valence-electron chi connectivity index (χ3n) is 3.15. The number of hydrogen-bond acceptors (Lipinski definition) is 1. The molecule has 1 atom stereocenters. The van der Waals surface area contributed by atoms with Crippen LogP contribution in [0.1, 0.15) is 33.1 Å². The number of halogens is 1. The van der Waals surface area contributed by atoms with Crippen LogP contribution in [-0.2, 0) is 4.79 Å². The molecule has 1 fully saturated rings. The Morgan fingerprint density at radius 2 is 2.36 bits per heavy atom. The van der Waals surface area contributed by atoms with Crippen molar-refractivity contribution in [3.05, 3.63) is 0 Å². The molecule has 0 aromatic carbocycles. The molecule has 1 unspecified atom stereocenters. The van der Waals surface area contributed by atoms with Crippen molar-refractivity contribution in [1.29, 1.82) is 0 Å². The van der Waals surface area contributed by atoms with E-state index in [1.807, 2.05) is 0 Å². The van der Waals surface area contributed by atoms with Gasteiger partial charge >= 0.3 is 0 Å². The van der Waals surface area contributed by atoms with Gasteiger partial charge in [-0.05, 0) is 29.0 Å². The number of hydrogen-bond donors (Lipinski definition) is 1. The van der Waals surface area contributed by atoms with E-state index in [0.29, 0.717) is 11.3 Å². The van der Waals surface area contributed by atoms with Gasteiger partial charge < -0.3 is 5.32 Å². The summed E-state index contributed by atoms with van der Waals surface area (Å²) in [7, 11) is 0. The Bertz CT molecular complexity index is 275. The lowest BCUT2D eigenvalue weighted by Crippen LogP contribution is -2.32. The molecule has 1 amide bonds. The summed E-state index contributed by atoms with van der Waals surface area (Å²) < 4.78 is 0. The summed E-state index contributed by atoms with van der Waals surface area (Å²) in [5, 5.41) is 2.84. The van der Waals surface area contributed by atoms with Crippen molar-refractivity contribution >= 4 is 21.8 Å². The fourth-order valence-corrected chi connectivity index (χ4v) is 2.26. The standard InChI is InChI=1S/C11H16BrNO/c1-11(2)6-3-4-9(11)8-13-10(14)5-7-12/h9H,3-4,6,8H2,1-2H3,(H,13,14). The summed E-state index contributed by atoms with van der Waals surface area (Å²) in [6.45, 7) is 5.30. The predicted octanol–water partition coefficient (Wildman–Crippen LogP) is 2.28. The number of nitrogens with one attached hydrogen (secondary N) is 1. The van der Waals surface area contributed by atoms with Crippen molar-refractivity contribution < 1.29 is 4.79 Å². The Morgan fingerprint density at radius 3 is 2.86 bits per heavy atom. The van der Waals surface area contributed by atoms with Crippen molar-refractivity contribution in [3.8, 4) is 10.8 Å². The molecular formula is C11H16BrNO. The molecular weight excluding hydrogens is 242 g/mol. The minimum Gasteiger partial charge on any atom is -0.345 e. The van der Waals surface area contributed by atoms with E-state index in [2.05, 4.69) is 45.8 Å². The maximum Gasteiger partial charge on any atom is 0.296 e. The van der Waals surface area contributed by atoms with Crippen LogP contribution in [0.5, 0.6) is 0 Å². The molecule has 0 aromatic rings. The van der Waals surface area contributed by atoms with E-state index in [-0.39, 0.29) is 5.91 Å². The minimum absolute atomic E-state index is 0.190. The summed E-state index contributed by atoms with van der Waals surface area (Å²) in [5.74, 6) is 2.82. The van der Waals surface area contributed by atoms with Crippen LogP contribution in [-0.4, -0.2) is 12.5 Å². The molecule has 0 spiro atoms. The van der Waals surface area contributed by atoms with Crippen molar-refractivity contribution in [2.24, 2.45) is 11.3 Å². The lowest BCUT2D eigenvalue weighted by atomic mass is 9.82. The van der Waals surface area contributed by atoms with Crippen molar-refractivity contribution in [3.63, 3.8) is 0 Å². The Balaban J connectivity index is 2.37. The first-order valence-corrected chi connectivity index (χ1v) is 5.75. The SMILES string of the molecule is CC1(C)CCCC1CNC(=O)C#CBr. The van der Waals surface area contributed by atoms with E-state index in [1.165, 1.54) is 19.3 Å². The molecule has 0 saturated heterocycles. The van der Waals surface area contributed by atoms with Gasteiger partial charge in [-0.15, -0.1) is 0 Å². The smallest absolute Gasteiger partial charge is 0.296 e. The Morgan fingerprint density at radius 1 is 1.64 bits per heavy atom. The van der Waals surface area contributed by atoms with E-state index in [0.717, 1.165) is 6.54 Å². The second-order valence-corrected chi connectivity index (χ2v) is 4.90. The largest absolute Gasteiger partial charge is 0.345 e. The zero-order valence-electron chi connectivity index (χ0n) is 8.69. The first kappa shape index (κ1) is 11.6. The molecule has 14 heavy (non-hydrogen) atoms. The van der Waals surface area contributed by atoms with Crippen LogP contribution in [0.4, 0.5) is 0 Å². The zero-order chi connectivity index (χ0) is 10.6. The van der Waals surface area contributed by atoms with Crippen LogP contribution in [0.25, 0.3) is 0 Å². The van der Waals surface area contributed by atoms with Gasteiger partial charge in [-0.3, -0.25) is 4.79 Å². The molecule has 0 radical (unpaired) electrons. The van der Waals surface area contributed by atoms with E-state index in [1.54, 1.807) is 0 Å². The van der Waals surface area contributed by atoms with Gasteiger partial charge in [0.05, 0.1) is 0 Å². The van der Waals surface area contributed by atoms with Crippen LogP contribution in [0.15, 0.2) is 0 Å². The Hall–Kier alpha value is -0.490. The predicted molar refractivity (Wildman–Crippen MR) is 60.8 cm³/mol. The van der Waals surface area contributed by atoms with Gasteiger partial charge in [-0.1, -0.05) is 20.3 Å². The molecule has 0 heterocycles. The molecule has 2 nitrogen and oxygen atoms in total. The summed E-state index contributed by atoms with van der Waals surface area (Å²) in [6.07, 6.45) is 3.75. The van der Waals surface area contributed by atoms with Gasteiger partial charge in [-0.25, -0.2) is 0 Å². The Kier molecular flexibility index (Phi) is 4.00. The average Bonchev–Trinajstić information content (AvgIpc) is 2.42. The lowest BCUT2D eigenvalue weighted by molar-refractivity contribution is -0.115. The Labute approximate surface area is 94.0 Å². The summed E-state index contributed by atoms with van der Waals surface area (Å²) in [5.41, 5.74) is 0.370. The molecule has 1 aliphatic carbocycles. The first-order valence-electron chi connectivity index (χ1n) is 4.96. The second-order valence-electron chi connectivity index (χ2n) is 4.51. The lowest BCUT2D eigenvalue weighted by Gasteiger charge is -2.26. The van der Waals surface area contributed by atoms with E-state index >= 15 is 0 Å². The van der Waals surface area contributed by atoms with Gasteiger partial charge in [0.2, 0.25) is 0 Å². The highest BCUT2D eigenvalue weighted by atomic mass is 79.9. The average molecular weight is 258 g/mol. The minimum atomic E-state index is -0.190. The third-order valence-corrected chi connectivity index (χ3v) is 3.35. The highest BCUT2D eigenvalue weighted by molar-refractivity contribution is 9.12. The number of carbonyl (C=O) groups excluding carboxylic acids is 1. The molecule has 0 aromatic heterocycles. The van der Waals surface area contributed by atoms with E-state index < -0.39 is 0 Å². The van der Waals surface area contributed by atoms with Crippen LogP contribution in [0.2, 0.25) is 0 Å². The van der Waals surface area contributed by atoms with Gasteiger partial charge in [0.15, 0.2) is 0 Å². The summed E-state index contributed by atoms with van der Waals surface area (Å²) >= 11 is 2.90. The highest BCUT2D eigenvalue weighted by Crippen LogP contribution is 2.41. The molecule has 0 bridgehead atoms. The van der Waals surface area contributed by atoms with Gasteiger partial charge in [0.25, 0.3) is 5.91 Å². The molecule has 3 heteroatoms. The van der Waals surface area contributed by atoms with E-state index in [9.17, 15) is 4.79 Å². The zero-order valence-corrected chi connectivity index (χ0v) is 10.3. The third kappa shape index (κ3) is 3.02. The van der Waals surface area contributed by atoms with Crippen molar-refractivity contribution in [2.45, 2.75) is 33.1 Å². The number of carbonyl (C=O) groups is 1. The van der Waals surface area contributed by atoms with Gasteiger partial charge in [0, 0.05) is 28.4 Å². The fourth-order valence-electron chi connectivity index (χ4n) is 2.08. The number of rotatable bonds is 2. The van der Waals surface area contributed by atoms with Crippen LogP contribution in [0.3, 0.4) is 0 Å². The molecule has 1 aliphatic rings. The maximum atomic E-state index is 11.1. The van der Waals surface area contributed by atoms with Gasteiger partial charge in [0.1, 0.15) is 0 Å². The molecule has 0 aliphatic heterocycles. The van der Waals surface area contributed by atoms with Crippen LogP contribution < -0.4 is 5.32 Å². The molecule has 1 rings (SSSR count). The molecule has 1 saturated carbocycles. The normalized spacial score (nSPS) is 23.8. The summed E-state index contributed by atoms with van der Waals surface area (Å²) in [6, 6.07) is 0. The quantitative estimate of drug-likeness (QED) is 0.756. The summed E-state index contributed by atoms with van der Waals surface area (Å²) in [4.78, 5) is 13.5. The van der Waals surface area contributed by atoms with E-state index in [4.69, 9.17) is 0 Å². The second kappa shape index (κ2) is 4.84. The molecule has 78 valence electrons. The van der Waals surface area contributed by atoms with Crippen LogP contribution in [0, 0.1) is 22.1 Å². The van der Waals surface area contributed by atoms with Gasteiger partial charge in [-0.2, -0.15) is 0 Å². The van der Waals surface area contributed by atoms with Crippen molar-refractivity contribution in [2.75, 3.05) is 6.54 Å². The monoisotopic (exact) mass is 257 g/mol. The van der Waals surface area contributed by atoms with Crippen LogP contribution >= 0.6 is 15.9 Å². The van der Waals surface area contributed by atoms with Crippen molar-refractivity contribution in [1.82, 2.24) is 5.32 Å². The number of amides is 1. The molecule has 1 N–H and O–H groups in total. The highest BCUT2D eigenvalue weighted by Gasteiger charge is 2.34. The maximum absolute atomic E-state index is 11.1. The first-order chi connectivity index (χ1) is 6.56. The fraction of sp³-hybridized carbons (Fsp3) is 0.727.